The van der Waals surface area contributed by atoms with Crippen molar-refractivity contribution in [1.29, 1.82) is 0 Å². The minimum Gasteiger partial charge on any atom is -0.481 e. The zero-order valence-electron chi connectivity index (χ0n) is 16.0. The molecule has 0 spiro atoms. The lowest BCUT2D eigenvalue weighted by molar-refractivity contribution is -0.142. The molecule has 152 valence electrons. The minimum atomic E-state index is -0.920. The number of nitrogens with zero attached hydrogens (tertiary/aromatic N) is 2. The number of carbonyl (C=O) groups is 3. The average Bonchev–Trinajstić information content (AvgIpc) is 3.09. The summed E-state index contributed by atoms with van der Waals surface area (Å²) in [6.45, 7) is 0.967. The third kappa shape index (κ3) is 5.19. The van der Waals surface area contributed by atoms with E-state index in [1.807, 2.05) is 30.3 Å². The van der Waals surface area contributed by atoms with E-state index >= 15 is 0 Å². The molecule has 0 aromatic heterocycles. The summed E-state index contributed by atoms with van der Waals surface area (Å²) in [7, 11) is 0. The summed E-state index contributed by atoms with van der Waals surface area (Å²) >= 11 is 0. The first-order valence-electron chi connectivity index (χ1n) is 9.57. The Balaban J connectivity index is 1.72. The molecule has 2 amide bonds. The van der Waals surface area contributed by atoms with Crippen LogP contribution in [0.2, 0.25) is 0 Å². The van der Waals surface area contributed by atoms with Gasteiger partial charge in [-0.1, -0.05) is 30.3 Å². The Labute approximate surface area is 168 Å². The molecular formula is C22H23FN2O4. The molecule has 1 heterocycles. The molecule has 1 N–H and O–H groups in total. The lowest BCUT2D eigenvalue weighted by atomic mass is 10.1. The molecule has 2 aromatic rings. The van der Waals surface area contributed by atoms with Gasteiger partial charge in [0.1, 0.15) is 11.7 Å². The van der Waals surface area contributed by atoms with Crippen LogP contribution in [0.3, 0.4) is 0 Å². The molecule has 2 aromatic carbocycles. The molecule has 0 bridgehead atoms. The molecular weight excluding hydrogens is 375 g/mol. The summed E-state index contributed by atoms with van der Waals surface area (Å²) < 4.78 is 13.2. The summed E-state index contributed by atoms with van der Waals surface area (Å²) in [6, 6.07) is 15.0. The Morgan fingerprint density at radius 3 is 2.45 bits per heavy atom. The summed E-state index contributed by atoms with van der Waals surface area (Å²) in [5, 5.41) is 8.90. The topological polar surface area (TPSA) is 77.9 Å². The zero-order valence-corrected chi connectivity index (χ0v) is 16.0. The number of amides is 2. The summed E-state index contributed by atoms with van der Waals surface area (Å²) in [5.74, 6) is -2.72. The van der Waals surface area contributed by atoms with Crippen molar-refractivity contribution < 1.29 is 23.9 Å². The van der Waals surface area contributed by atoms with Gasteiger partial charge in [0.05, 0.1) is 0 Å². The number of carbonyl (C=O) groups excluding carboxylic acids is 2. The molecule has 7 heteroatoms. The van der Waals surface area contributed by atoms with Crippen molar-refractivity contribution in [2.45, 2.75) is 25.8 Å². The Morgan fingerprint density at radius 1 is 1.10 bits per heavy atom. The Kier molecular flexibility index (Phi) is 6.59. The Hall–Kier alpha value is -3.22. The van der Waals surface area contributed by atoms with Crippen LogP contribution in [0.25, 0.3) is 0 Å². The highest BCUT2D eigenvalue weighted by Gasteiger charge is 2.39. The van der Waals surface area contributed by atoms with Gasteiger partial charge in [0.25, 0.3) is 0 Å². The third-order valence-corrected chi connectivity index (χ3v) is 4.99. The number of halogens is 1. The second-order valence-electron chi connectivity index (χ2n) is 7.05. The molecule has 1 aliphatic heterocycles. The van der Waals surface area contributed by atoms with Gasteiger partial charge in [0.2, 0.25) is 11.8 Å². The Morgan fingerprint density at radius 2 is 1.79 bits per heavy atom. The van der Waals surface area contributed by atoms with Gasteiger partial charge in [0, 0.05) is 31.7 Å². The maximum Gasteiger partial charge on any atom is 0.303 e. The highest BCUT2D eigenvalue weighted by atomic mass is 19.1. The van der Waals surface area contributed by atoms with Crippen LogP contribution in [0.15, 0.2) is 54.6 Å². The van der Waals surface area contributed by atoms with Crippen LogP contribution in [-0.4, -0.2) is 40.9 Å². The van der Waals surface area contributed by atoms with Gasteiger partial charge in [-0.2, -0.15) is 0 Å². The molecule has 1 unspecified atom stereocenters. The number of hydrogen-bond acceptors (Lipinski definition) is 3. The summed E-state index contributed by atoms with van der Waals surface area (Å²) in [5.41, 5.74) is 1.48. The fourth-order valence-electron chi connectivity index (χ4n) is 3.50. The van der Waals surface area contributed by atoms with E-state index in [1.165, 1.54) is 29.2 Å². The lowest BCUT2D eigenvalue weighted by Crippen LogP contribution is -2.40. The molecule has 6 nitrogen and oxygen atoms in total. The standard InChI is InChI=1S/C22H23FN2O4/c23-17-8-10-18(11-9-17)25-14-12-19(22(25)29)21(28)24(13-4-7-20(26)27)15-16-5-2-1-3-6-16/h1-3,5-6,8-11,19H,4,7,12-15H2,(H,26,27). The van der Waals surface area contributed by atoms with Gasteiger partial charge < -0.3 is 14.9 Å². The van der Waals surface area contributed by atoms with Gasteiger partial charge >= 0.3 is 5.97 Å². The van der Waals surface area contributed by atoms with Gasteiger partial charge in [-0.3, -0.25) is 14.4 Å². The minimum absolute atomic E-state index is 0.0428. The predicted octanol–water partition coefficient (Wildman–Crippen LogP) is 3.07. The Bertz CT molecular complexity index is 870. The highest BCUT2D eigenvalue weighted by molar-refractivity contribution is 6.09. The number of carboxylic acids is 1. The number of benzene rings is 2. The molecule has 0 radical (unpaired) electrons. The highest BCUT2D eigenvalue weighted by Crippen LogP contribution is 2.27. The molecule has 1 fully saturated rings. The quantitative estimate of drug-likeness (QED) is 0.694. The SMILES string of the molecule is O=C(O)CCCN(Cc1ccccc1)C(=O)C1CCN(c2ccc(F)cc2)C1=O. The van der Waals surface area contributed by atoms with Crippen molar-refractivity contribution in [1.82, 2.24) is 4.90 Å². The summed E-state index contributed by atoms with van der Waals surface area (Å²) in [6.07, 6.45) is 0.647. The van der Waals surface area contributed by atoms with E-state index in [-0.39, 0.29) is 30.6 Å². The van der Waals surface area contributed by atoms with Crippen molar-refractivity contribution in [3.05, 3.63) is 66.0 Å². The van der Waals surface area contributed by atoms with E-state index in [4.69, 9.17) is 5.11 Å². The number of hydrogen-bond donors (Lipinski definition) is 1. The van der Waals surface area contributed by atoms with Crippen LogP contribution < -0.4 is 4.90 Å². The van der Waals surface area contributed by atoms with E-state index in [0.717, 1.165) is 5.56 Å². The molecule has 1 aliphatic rings. The molecule has 1 atom stereocenters. The maximum atomic E-state index is 13.2. The van der Waals surface area contributed by atoms with Gasteiger partial charge in [-0.15, -0.1) is 0 Å². The van der Waals surface area contributed by atoms with E-state index in [1.54, 1.807) is 4.90 Å². The van der Waals surface area contributed by atoms with Crippen LogP contribution in [0.1, 0.15) is 24.8 Å². The van der Waals surface area contributed by atoms with Gasteiger partial charge in [-0.25, -0.2) is 4.39 Å². The monoisotopic (exact) mass is 398 g/mol. The number of carboxylic acid groups (broad SMARTS) is 1. The van der Waals surface area contributed by atoms with E-state index in [0.29, 0.717) is 31.6 Å². The molecule has 3 rings (SSSR count). The van der Waals surface area contributed by atoms with Gasteiger partial charge in [-0.05, 0) is 42.7 Å². The predicted molar refractivity (Wildman–Crippen MR) is 106 cm³/mol. The van der Waals surface area contributed by atoms with E-state index < -0.39 is 11.9 Å². The van der Waals surface area contributed by atoms with Crippen molar-refractivity contribution in [3.8, 4) is 0 Å². The normalized spacial score (nSPS) is 16.1. The third-order valence-electron chi connectivity index (χ3n) is 4.99. The smallest absolute Gasteiger partial charge is 0.303 e. The average molecular weight is 398 g/mol. The zero-order chi connectivity index (χ0) is 20.8. The molecule has 0 saturated carbocycles. The number of anilines is 1. The molecule has 29 heavy (non-hydrogen) atoms. The van der Waals surface area contributed by atoms with Crippen LogP contribution in [0.5, 0.6) is 0 Å². The van der Waals surface area contributed by atoms with Crippen molar-refractivity contribution in [2.75, 3.05) is 18.0 Å². The lowest BCUT2D eigenvalue weighted by Gasteiger charge is -2.25. The first-order valence-corrected chi connectivity index (χ1v) is 9.57. The largest absolute Gasteiger partial charge is 0.481 e. The molecule has 0 aliphatic carbocycles. The van der Waals surface area contributed by atoms with E-state index in [2.05, 4.69) is 0 Å². The van der Waals surface area contributed by atoms with Crippen LogP contribution in [-0.2, 0) is 20.9 Å². The first kappa shape index (κ1) is 20.5. The van der Waals surface area contributed by atoms with Crippen LogP contribution in [0.4, 0.5) is 10.1 Å². The van der Waals surface area contributed by atoms with Crippen molar-refractivity contribution in [3.63, 3.8) is 0 Å². The first-order chi connectivity index (χ1) is 14.0. The van der Waals surface area contributed by atoms with Crippen molar-refractivity contribution in [2.24, 2.45) is 5.92 Å². The number of aliphatic carboxylic acids is 1. The second kappa shape index (κ2) is 9.32. The fraction of sp³-hybridized carbons (Fsp3) is 0.318. The maximum absolute atomic E-state index is 13.2. The summed E-state index contributed by atoms with van der Waals surface area (Å²) in [4.78, 5) is 39.9. The fourth-order valence-corrected chi connectivity index (χ4v) is 3.50. The van der Waals surface area contributed by atoms with Crippen molar-refractivity contribution >= 4 is 23.5 Å². The molecule has 1 saturated heterocycles. The van der Waals surface area contributed by atoms with E-state index in [9.17, 15) is 18.8 Å². The second-order valence-corrected chi connectivity index (χ2v) is 7.05. The number of rotatable bonds is 8. The van der Waals surface area contributed by atoms with Gasteiger partial charge in [0.15, 0.2) is 0 Å². The van der Waals surface area contributed by atoms with Crippen LogP contribution in [0, 0.1) is 11.7 Å². The van der Waals surface area contributed by atoms with Crippen LogP contribution >= 0.6 is 0 Å².